The third kappa shape index (κ3) is 4.84. The average Bonchev–Trinajstić information content (AvgIpc) is 3.19. The molecule has 9 heteroatoms. The molecule has 1 heterocycles. The number of hydrogen-bond acceptors (Lipinski definition) is 5. The molecule has 1 amide bonds. The predicted octanol–water partition coefficient (Wildman–Crippen LogP) is 4.92. The molecule has 31 heavy (non-hydrogen) atoms. The van der Waals surface area contributed by atoms with Crippen LogP contribution in [0.2, 0.25) is 0 Å². The highest BCUT2D eigenvalue weighted by molar-refractivity contribution is 9.10. The second-order valence-electron chi connectivity index (χ2n) is 6.64. The number of carbonyl (C=O) groups is 1. The Morgan fingerprint density at radius 3 is 2.29 bits per heavy atom. The first-order valence-electron chi connectivity index (χ1n) is 9.30. The van der Waals surface area contributed by atoms with E-state index in [1.807, 2.05) is 42.5 Å². The van der Waals surface area contributed by atoms with Crippen LogP contribution in [0.3, 0.4) is 0 Å². The normalized spacial score (nSPS) is 10.6. The van der Waals surface area contributed by atoms with Gasteiger partial charge in [0, 0.05) is 33.4 Å². The number of nitro groups is 1. The first kappa shape index (κ1) is 20.4. The number of aromatic nitrogens is 3. The fourth-order valence-corrected chi connectivity index (χ4v) is 3.24. The third-order valence-electron chi connectivity index (χ3n) is 4.46. The number of non-ortho nitro benzene ring substituents is 1. The maximum atomic E-state index is 12.6. The average molecular weight is 478 g/mol. The van der Waals surface area contributed by atoms with Gasteiger partial charge in [0.15, 0.2) is 11.6 Å². The SMILES string of the molecule is O=C(Cn1nc(-c2ccc([N+](=O)[O-])cc2)nc1-c1ccccc1)Nc1ccc(Br)cc1. The summed E-state index contributed by atoms with van der Waals surface area (Å²) in [6.07, 6.45) is 0. The second kappa shape index (κ2) is 8.88. The van der Waals surface area contributed by atoms with Crippen molar-refractivity contribution in [3.8, 4) is 22.8 Å². The molecule has 0 aliphatic heterocycles. The molecule has 3 aromatic carbocycles. The lowest BCUT2D eigenvalue weighted by Crippen LogP contribution is -2.20. The van der Waals surface area contributed by atoms with E-state index < -0.39 is 4.92 Å². The van der Waals surface area contributed by atoms with Crippen LogP contribution in [0.4, 0.5) is 11.4 Å². The minimum absolute atomic E-state index is 0.0136. The molecule has 0 spiro atoms. The molecule has 4 rings (SSSR count). The largest absolute Gasteiger partial charge is 0.324 e. The zero-order chi connectivity index (χ0) is 21.8. The summed E-state index contributed by atoms with van der Waals surface area (Å²) in [4.78, 5) is 27.7. The molecular weight excluding hydrogens is 462 g/mol. The highest BCUT2D eigenvalue weighted by Gasteiger charge is 2.17. The molecule has 4 aromatic rings. The van der Waals surface area contributed by atoms with Gasteiger partial charge >= 0.3 is 0 Å². The Morgan fingerprint density at radius 2 is 1.65 bits per heavy atom. The molecule has 0 aliphatic carbocycles. The van der Waals surface area contributed by atoms with Crippen LogP contribution >= 0.6 is 15.9 Å². The number of nitro benzene ring substituents is 1. The lowest BCUT2D eigenvalue weighted by atomic mass is 10.2. The lowest BCUT2D eigenvalue weighted by Gasteiger charge is -2.07. The highest BCUT2D eigenvalue weighted by Crippen LogP contribution is 2.24. The van der Waals surface area contributed by atoms with Crippen molar-refractivity contribution in [3.05, 3.63) is 93.4 Å². The summed E-state index contributed by atoms with van der Waals surface area (Å²) in [5, 5.41) is 18.2. The van der Waals surface area contributed by atoms with E-state index in [9.17, 15) is 14.9 Å². The number of anilines is 1. The number of hydrogen-bond donors (Lipinski definition) is 1. The number of nitrogens with one attached hydrogen (secondary N) is 1. The molecule has 154 valence electrons. The van der Waals surface area contributed by atoms with Crippen LogP contribution in [-0.2, 0) is 11.3 Å². The monoisotopic (exact) mass is 477 g/mol. The van der Waals surface area contributed by atoms with Crippen LogP contribution < -0.4 is 5.32 Å². The Morgan fingerprint density at radius 1 is 0.968 bits per heavy atom. The zero-order valence-corrected chi connectivity index (χ0v) is 17.7. The molecule has 0 saturated carbocycles. The summed E-state index contributed by atoms with van der Waals surface area (Å²) in [6.45, 7) is -0.0414. The highest BCUT2D eigenvalue weighted by atomic mass is 79.9. The maximum Gasteiger partial charge on any atom is 0.269 e. The molecular formula is C22H16BrN5O3. The molecule has 0 radical (unpaired) electrons. The number of rotatable bonds is 6. The first-order valence-corrected chi connectivity index (χ1v) is 10.1. The van der Waals surface area contributed by atoms with Gasteiger partial charge < -0.3 is 5.32 Å². The molecule has 1 N–H and O–H groups in total. The van der Waals surface area contributed by atoms with Crippen LogP contribution in [0, 0.1) is 10.1 Å². The topological polar surface area (TPSA) is 103 Å². The first-order chi connectivity index (χ1) is 15.0. The van der Waals surface area contributed by atoms with Crippen LogP contribution in [0.1, 0.15) is 0 Å². The zero-order valence-electron chi connectivity index (χ0n) is 16.1. The molecule has 0 atom stereocenters. The fourth-order valence-electron chi connectivity index (χ4n) is 2.98. The van der Waals surface area contributed by atoms with Gasteiger partial charge in [-0.15, -0.1) is 5.10 Å². The van der Waals surface area contributed by atoms with Gasteiger partial charge in [0.25, 0.3) is 5.69 Å². The van der Waals surface area contributed by atoms with E-state index >= 15 is 0 Å². The van der Waals surface area contributed by atoms with Gasteiger partial charge in [-0.2, -0.15) is 0 Å². The Hall–Kier alpha value is -3.85. The van der Waals surface area contributed by atoms with Crippen LogP contribution in [0.5, 0.6) is 0 Å². The quantitative estimate of drug-likeness (QED) is 0.313. The minimum Gasteiger partial charge on any atom is -0.324 e. The molecule has 8 nitrogen and oxygen atoms in total. The van der Waals surface area contributed by atoms with E-state index in [1.165, 1.54) is 16.8 Å². The number of amides is 1. The van der Waals surface area contributed by atoms with Crippen molar-refractivity contribution in [2.75, 3.05) is 5.32 Å². The van der Waals surface area contributed by atoms with Gasteiger partial charge in [-0.3, -0.25) is 14.9 Å². The predicted molar refractivity (Wildman–Crippen MR) is 120 cm³/mol. The van der Waals surface area contributed by atoms with Crippen molar-refractivity contribution in [1.82, 2.24) is 14.8 Å². The lowest BCUT2D eigenvalue weighted by molar-refractivity contribution is -0.384. The van der Waals surface area contributed by atoms with Crippen LogP contribution in [0.25, 0.3) is 22.8 Å². The summed E-state index contributed by atoms with van der Waals surface area (Å²) < 4.78 is 2.45. The summed E-state index contributed by atoms with van der Waals surface area (Å²) in [7, 11) is 0. The fraction of sp³-hybridized carbons (Fsp3) is 0.0455. The van der Waals surface area contributed by atoms with Crippen molar-refractivity contribution in [2.24, 2.45) is 0 Å². The summed E-state index contributed by atoms with van der Waals surface area (Å²) in [6, 6.07) is 22.7. The Kier molecular flexibility index (Phi) is 5.85. The Balaban J connectivity index is 1.64. The van der Waals surface area contributed by atoms with Gasteiger partial charge in [-0.05, 0) is 36.4 Å². The summed E-state index contributed by atoms with van der Waals surface area (Å²) >= 11 is 3.37. The van der Waals surface area contributed by atoms with Gasteiger partial charge in [0.1, 0.15) is 6.54 Å². The van der Waals surface area contributed by atoms with Crippen molar-refractivity contribution in [2.45, 2.75) is 6.54 Å². The van der Waals surface area contributed by atoms with Crippen LogP contribution in [-0.4, -0.2) is 25.6 Å². The molecule has 0 fully saturated rings. The standard InChI is InChI=1S/C22H16BrN5O3/c23-17-8-10-18(11-9-17)24-20(29)14-27-22(16-4-2-1-3-5-16)25-21(26-27)15-6-12-19(13-7-15)28(30)31/h1-13H,14H2,(H,24,29). The van der Waals surface area contributed by atoms with E-state index in [2.05, 4.69) is 31.3 Å². The van der Waals surface area contributed by atoms with E-state index in [4.69, 9.17) is 0 Å². The van der Waals surface area contributed by atoms with Crippen molar-refractivity contribution < 1.29 is 9.72 Å². The molecule has 0 aliphatic rings. The molecule has 1 aromatic heterocycles. The van der Waals surface area contributed by atoms with E-state index in [0.717, 1.165) is 10.0 Å². The minimum atomic E-state index is -0.461. The number of nitrogens with zero attached hydrogens (tertiary/aromatic N) is 4. The van der Waals surface area contributed by atoms with Crippen molar-refractivity contribution >= 4 is 33.2 Å². The smallest absolute Gasteiger partial charge is 0.269 e. The number of carbonyl (C=O) groups excluding carboxylic acids is 1. The van der Waals surface area contributed by atoms with Crippen molar-refractivity contribution in [1.29, 1.82) is 0 Å². The van der Waals surface area contributed by atoms with Crippen molar-refractivity contribution in [3.63, 3.8) is 0 Å². The van der Waals surface area contributed by atoms with Gasteiger partial charge in [0.2, 0.25) is 5.91 Å². The van der Waals surface area contributed by atoms with Crippen LogP contribution in [0.15, 0.2) is 83.3 Å². The number of halogens is 1. The third-order valence-corrected chi connectivity index (χ3v) is 4.99. The molecule has 0 unspecified atom stereocenters. The van der Waals surface area contributed by atoms with Gasteiger partial charge in [-0.25, -0.2) is 9.67 Å². The molecule has 0 saturated heterocycles. The number of benzene rings is 3. The van der Waals surface area contributed by atoms with Gasteiger partial charge in [0.05, 0.1) is 4.92 Å². The van der Waals surface area contributed by atoms with E-state index in [1.54, 1.807) is 24.3 Å². The van der Waals surface area contributed by atoms with E-state index in [-0.39, 0.29) is 18.1 Å². The van der Waals surface area contributed by atoms with Gasteiger partial charge in [-0.1, -0.05) is 46.3 Å². The summed E-state index contributed by atoms with van der Waals surface area (Å²) in [5.41, 5.74) is 2.08. The Labute approximate surface area is 185 Å². The Bertz CT molecular complexity index is 1220. The second-order valence-corrected chi connectivity index (χ2v) is 7.56. The molecule has 0 bridgehead atoms. The maximum absolute atomic E-state index is 12.6. The summed E-state index contributed by atoms with van der Waals surface area (Å²) in [5.74, 6) is 0.657. The van der Waals surface area contributed by atoms with E-state index in [0.29, 0.717) is 22.9 Å².